The molecule has 0 aliphatic carbocycles. The van der Waals surface area contributed by atoms with Crippen molar-refractivity contribution in [3.63, 3.8) is 0 Å². The third kappa shape index (κ3) is 4.13. The lowest BCUT2D eigenvalue weighted by Crippen LogP contribution is -2.33. The number of para-hydroxylation sites is 1. The highest BCUT2D eigenvalue weighted by molar-refractivity contribution is 5.33. The molecule has 0 bridgehead atoms. The second kappa shape index (κ2) is 8.17. The van der Waals surface area contributed by atoms with Gasteiger partial charge in [0.25, 0.3) is 0 Å². The highest BCUT2D eigenvalue weighted by Crippen LogP contribution is 2.24. The third-order valence-corrected chi connectivity index (χ3v) is 4.85. The first-order chi connectivity index (χ1) is 12.9. The summed E-state index contributed by atoms with van der Waals surface area (Å²) >= 11 is 0. The Bertz CT molecular complexity index is 803. The first kappa shape index (κ1) is 16.8. The van der Waals surface area contributed by atoms with Crippen molar-refractivity contribution in [2.45, 2.75) is 25.0 Å². The van der Waals surface area contributed by atoms with E-state index < -0.39 is 0 Å². The average Bonchev–Trinajstić information content (AvgIpc) is 3.18. The van der Waals surface area contributed by atoms with Crippen LogP contribution in [0.25, 0.3) is 0 Å². The lowest BCUT2D eigenvalue weighted by molar-refractivity contribution is 0.460. The number of hydrogen-bond donors (Lipinski definition) is 2. The minimum atomic E-state index is 0.386. The van der Waals surface area contributed by atoms with Crippen molar-refractivity contribution in [1.29, 1.82) is 0 Å². The number of rotatable bonds is 6. The molecule has 2 atom stereocenters. The Morgan fingerprint density at radius 3 is 2.19 bits per heavy atom. The summed E-state index contributed by atoms with van der Waals surface area (Å²) in [6, 6.07) is 29.7. The van der Waals surface area contributed by atoms with Crippen molar-refractivity contribution in [2.24, 2.45) is 0 Å². The highest BCUT2D eigenvalue weighted by atomic mass is 16.5. The molecule has 0 aromatic heterocycles. The van der Waals surface area contributed by atoms with Crippen LogP contribution in [0.5, 0.6) is 11.5 Å². The van der Waals surface area contributed by atoms with Gasteiger partial charge < -0.3 is 15.4 Å². The van der Waals surface area contributed by atoms with Crippen LogP contribution in [0.2, 0.25) is 0 Å². The summed E-state index contributed by atoms with van der Waals surface area (Å²) in [5, 5.41) is 7.33. The minimum absolute atomic E-state index is 0.386. The molecule has 3 aromatic rings. The molecule has 2 N–H and O–H groups in total. The van der Waals surface area contributed by atoms with E-state index in [0.29, 0.717) is 12.1 Å². The van der Waals surface area contributed by atoms with Gasteiger partial charge in [0, 0.05) is 18.6 Å². The van der Waals surface area contributed by atoms with Crippen LogP contribution in [0.1, 0.15) is 23.6 Å². The first-order valence-electron chi connectivity index (χ1n) is 9.22. The van der Waals surface area contributed by atoms with Crippen molar-refractivity contribution >= 4 is 0 Å². The molecule has 1 aliphatic heterocycles. The largest absolute Gasteiger partial charge is 0.457 e. The van der Waals surface area contributed by atoms with Crippen LogP contribution < -0.4 is 15.4 Å². The molecular formula is C23H24N2O. The molecule has 0 spiro atoms. The van der Waals surface area contributed by atoms with Gasteiger partial charge in [-0.2, -0.15) is 0 Å². The fourth-order valence-corrected chi connectivity index (χ4v) is 3.48. The maximum atomic E-state index is 5.86. The Morgan fingerprint density at radius 1 is 0.808 bits per heavy atom. The second-order valence-electron chi connectivity index (χ2n) is 6.68. The van der Waals surface area contributed by atoms with Gasteiger partial charge in [-0.1, -0.05) is 60.7 Å². The molecule has 3 nitrogen and oxygen atoms in total. The standard InChI is InChI=1S/C23H24N2O/c1-3-7-19(8-4-1)23-22(15-16-24-23)25-17-18-11-13-21(14-12-18)26-20-9-5-2-6-10-20/h1-14,22-25H,15-17H2. The van der Waals surface area contributed by atoms with Crippen molar-refractivity contribution < 1.29 is 4.74 Å². The van der Waals surface area contributed by atoms with Gasteiger partial charge in [-0.3, -0.25) is 0 Å². The van der Waals surface area contributed by atoms with Crippen LogP contribution in [0.15, 0.2) is 84.9 Å². The van der Waals surface area contributed by atoms with Gasteiger partial charge in [-0.15, -0.1) is 0 Å². The van der Waals surface area contributed by atoms with E-state index in [1.807, 2.05) is 42.5 Å². The fourth-order valence-electron chi connectivity index (χ4n) is 3.48. The number of hydrogen-bond acceptors (Lipinski definition) is 3. The van der Waals surface area contributed by atoms with E-state index in [1.165, 1.54) is 11.1 Å². The second-order valence-corrected chi connectivity index (χ2v) is 6.68. The lowest BCUT2D eigenvalue weighted by atomic mass is 10.0. The quantitative estimate of drug-likeness (QED) is 0.682. The van der Waals surface area contributed by atoms with Gasteiger partial charge >= 0.3 is 0 Å². The van der Waals surface area contributed by atoms with E-state index in [-0.39, 0.29) is 0 Å². The molecule has 2 unspecified atom stereocenters. The Balaban J connectivity index is 1.34. The van der Waals surface area contributed by atoms with E-state index >= 15 is 0 Å². The summed E-state index contributed by atoms with van der Waals surface area (Å²) in [5.41, 5.74) is 2.62. The van der Waals surface area contributed by atoms with Gasteiger partial charge in [-0.25, -0.2) is 0 Å². The topological polar surface area (TPSA) is 33.3 Å². The summed E-state index contributed by atoms with van der Waals surface area (Å²) < 4.78 is 5.86. The SMILES string of the molecule is c1ccc(Oc2ccc(CNC3CCNC3c3ccccc3)cc2)cc1. The van der Waals surface area contributed by atoms with Gasteiger partial charge in [0.2, 0.25) is 0 Å². The zero-order chi connectivity index (χ0) is 17.6. The van der Waals surface area contributed by atoms with Gasteiger partial charge in [0.15, 0.2) is 0 Å². The molecule has 0 radical (unpaired) electrons. The zero-order valence-corrected chi connectivity index (χ0v) is 14.8. The lowest BCUT2D eigenvalue weighted by Gasteiger charge is -2.21. The van der Waals surface area contributed by atoms with E-state index in [9.17, 15) is 0 Å². The Morgan fingerprint density at radius 2 is 1.46 bits per heavy atom. The Hall–Kier alpha value is -2.62. The predicted molar refractivity (Wildman–Crippen MR) is 105 cm³/mol. The molecule has 1 aliphatic rings. The molecule has 132 valence electrons. The van der Waals surface area contributed by atoms with Crippen LogP contribution in [-0.4, -0.2) is 12.6 Å². The van der Waals surface area contributed by atoms with E-state index in [1.54, 1.807) is 0 Å². The van der Waals surface area contributed by atoms with Gasteiger partial charge in [0.05, 0.1) is 0 Å². The fraction of sp³-hybridized carbons (Fsp3) is 0.217. The summed E-state index contributed by atoms with van der Waals surface area (Å²) in [5.74, 6) is 1.73. The predicted octanol–water partition coefficient (Wildman–Crippen LogP) is 4.67. The van der Waals surface area contributed by atoms with Crippen molar-refractivity contribution in [3.05, 3.63) is 96.1 Å². The minimum Gasteiger partial charge on any atom is -0.457 e. The molecule has 3 aromatic carbocycles. The van der Waals surface area contributed by atoms with E-state index in [0.717, 1.165) is 31.0 Å². The van der Waals surface area contributed by atoms with Crippen molar-refractivity contribution in [1.82, 2.24) is 10.6 Å². The summed E-state index contributed by atoms with van der Waals surface area (Å²) in [7, 11) is 0. The molecule has 0 saturated carbocycles. The Labute approximate surface area is 155 Å². The van der Waals surface area contributed by atoms with Crippen LogP contribution in [0.4, 0.5) is 0 Å². The van der Waals surface area contributed by atoms with Crippen LogP contribution >= 0.6 is 0 Å². The summed E-state index contributed by atoms with van der Waals surface area (Å²) in [6.07, 6.45) is 1.15. The number of nitrogens with one attached hydrogen (secondary N) is 2. The van der Waals surface area contributed by atoms with Crippen LogP contribution in [-0.2, 0) is 6.54 Å². The van der Waals surface area contributed by atoms with Crippen LogP contribution in [0, 0.1) is 0 Å². The smallest absolute Gasteiger partial charge is 0.127 e. The molecule has 4 rings (SSSR count). The van der Waals surface area contributed by atoms with E-state index in [4.69, 9.17) is 4.74 Å². The molecule has 26 heavy (non-hydrogen) atoms. The van der Waals surface area contributed by atoms with Gasteiger partial charge in [-0.05, 0) is 48.4 Å². The first-order valence-corrected chi connectivity index (χ1v) is 9.22. The molecular weight excluding hydrogens is 320 g/mol. The number of ether oxygens (including phenoxy) is 1. The maximum Gasteiger partial charge on any atom is 0.127 e. The van der Waals surface area contributed by atoms with E-state index in [2.05, 4.69) is 53.1 Å². The Kier molecular flexibility index (Phi) is 5.29. The van der Waals surface area contributed by atoms with Gasteiger partial charge in [0.1, 0.15) is 11.5 Å². The normalized spacial score (nSPS) is 19.4. The maximum absolute atomic E-state index is 5.86. The molecule has 3 heteroatoms. The number of benzene rings is 3. The average molecular weight is 344 g/mol. The molecule has 0 amide bonds. The highest BCUT2D eigenvalue weighted by Gasteiger charge is 2.27. The van der Waals surface area contributed by atoms with Crippen molar-refractivity contribution in [3.8, 4) is 11.5 Å². The monoisotopic (exact) mass is 344 g/mol. The van der Waals surface area contributed by atoms with Crippen molar-refractivity contribution in [2.75, 3.05) is 6.54 Å². The summed E-state index contributed by atoms with van der Waals surface area (Å²) in [4.78, 5) is 0. The molecule has 1 heterocycles. The molecule has 1 fully saturated rings. The molecule has 1 saturated heterocycles. The third-order valence-electron chi connectivity index (χ3n) is 4.85. The summed E-state index contributed by atoms with van der Waals surface area (Å²) in [6.45, 7) is 1.92. The zero-order valence-electron chi connectivity index (χ0n) is 14.8. The van der Waals surface area contributed by atoms with Crippen LogP contribution in [0.3, 0.4) is 0 Å².